The maximum Gasteiger partial charge on any atom is 0.472 e. The van der Waals surface area contributed by atoms with Gasteiger partial charge < -0.3 is 33.8 Å². The minimum atomic E-state index is -4.95. The van der Waals surface area contributed by atoms with Crippen molar-refractivity contribution in [2.45, 2.75) is 387 Å². The molecule has 0 aliphatic rings. The van der Waals surface area contributed by atoms with Gasteiger partial charge in [-0.3, -0.25) is 37.3 Å². The predicted molar refractivity (Wildman–Crippen MR) is 368 cm³/mol. The van der Waals surface area contributed by atoms with Crippen LogP contribution in [0.15, 0.2) is 0 Å². The van der Waals surface area contributed by atoms with Crippen molar-refractivity contribution in [2.75, 3.05) is 39.6 Å². The average Bonchev–Trinajstić information content (AvgIpc) is 2.46. The highest BCUT2D eigenvalue weighted by Crippen LogP contribution is 2.45. The maximum atomic E-state index is 13.0. The summed E-state index contributed by atoms with van der Waals surface area (Å²) in [5.41, 5.74) is 0. The Kier molecular flexibility index (Phi) is 62.7. The summed E-state index contributed by atoms with van der Waals surface area (Å²) in [5, 5.41) is 10.6. The number of aliphatic hydroxyl groups excluding tert-OH is 1. The number of hydrogen-bond donors (Lipinski definition) is 3. The van der Waals surface area contributed by atoms with Gasteiger partial charge in [0, 0.05) is 25.7 Å². The van der Waals surface area contributed by atoms with E-state index in [1.807, 2.05) is 0 Å². The Hall–Kier alpha value is -1.94. The van der Waals surface area contributed by atoms with Crippen LogP contribution in [0.1, 0.15) is 369 Å². The van der Waals surface area contributed by atoms with E-state index in [1.165, 1.54) is 186 Å². The summed E-state index contributed by atoms with van der Waals surface area (Å²) in [6.07, 6.45) is 49.9. The number of carbonyl (C=O) groups excluding carboxylic acids is 4. The lowest BCUT2D eigenvalue weighted by molar-refractivity contribution is -0.161. The number of phosphoric acid groups is 2. The maximum absolute atomic E-state index is 13.0. The number of esters is 4. The zero-order chi connectivity index (χ0) is 67.2. The van der Waals surface area contributed by atoms with E-state index < -0.39 is 97.5 Å². The SMILES string of the molecule is CCCCCCCCCCCCCCCCCCCC(=O)O[C@H](COC(=O)CCCCCCCCCCCC(C)C)COP(=O)(O)OC[C@@H](O)COP(=O)(O)OC[C@@H](COC(=O)CCCCCCCCCCCC)OC(=O)CCCCCCCCCCC(C)CC. The standard InChI is InChI=1S/C72H140O17P2/c1-7-10-12-14-16-18-20-21-22-23-24-25-26-30-38-44-50-56-71(76)88-67(60-83-70(75)55-49-43-37-31-27-28-34-40-46-52-64(4)5)62-86-90(78,79)84-58-66(73)59-85-91(80,81)87-63-68(61-82-69(74)54-48-42-36-29-19-17-15-13-11-8-2)89-72(77)57-51-45-39-33-32-35-41-47-53-65(6)9-3/h64-68,73H,7-63H2,1-6H3,(H,78,79)(H,80,81)/t65?,66-,67-,68-/m1/s1. The molecule has 17 nitrogen and oxygen atoms in total. The summed E-state index contributed by atoms with van der Waals surface area (Å²) < 4.78 is 68.4. The minimum Gasteiger partial charge on any atom is -0.462 e. The first-order valence-corrected chi connectivity index (χ1v) is 40.5. The topological polar surface area (TPSA) is 237 Å². The van der Waals surface area contributed by atoms with Crippen LogP contribution in [-0.4, -0.2) is 96.7 Å². The van der Waals surface area contributed by atoms with Crippen molar-refractivity contribution in [3.63, 3.8) is 0 Å². The molecule has 6 atom stereocenters. The van der Waals surface area contributed by atoms with Crippen molar-refractivity contribution < 1.29 is 80.2 Å². The van der Waals surface area contributed by atoms with E-state index in [0.717, 1.165) is 102 Å². The number of phosphoric ester groups is 2. The Balaban J connectivity index is 5.24. The molecule has 0 heterocycles. The van der Waals surface area contributed by atoms with Crippen molar-refractivity contribution in [1.29, 1.82) is 0 Å². The van der Waals surface area contributed by atoms with Crippen LogP contribution in [0, 0.1) is 11.8 Å². The largest absolute Gasteiger partial charge is 0.472 e. The van der Waals surface area contributed by atoms with E-state index in [9.17, 15) is 43.2 Å². The number of aliphatic hydroxyl groups is 1. The third-order valence-corrected chi connectivity index (χ3v) is 19.0. The van der Waals surface area contributed by atoms with Gasteiger partial charge in [-0.1, -0.05) is 318 Å². The first-order valence-electron chi connectivity index (χ1n) is 37.5. The number of unbranched alkanes of at least 4 members (excludes halogenated alkanes) is 40. The molecule has 0 rings (SSSR count). The number of ether oxygens (including phenoxy) is 4. The van der Waals surface area contributed by atoms with Crippen LogP contribution in [0.2, 0.25) is 0 Å². The fourth-order valence-corrected chi connectivity index (χ4v) is 12.5. The van der Waals surface area contributed by atoms with E-state index in [-0.39, 0.29) is 25.7 Å². The Morgan fingerprint density at radius 3 is 0.835 bits per heavy atom. The molecule has 540 valence electrons. The van der Waals surface area contributed by atoms with Gasteiger partial charge in [0.05, 0.1) is 26.4 Å². The third-order valence-electron chi connectivity index (χ3n) is 17.1. The zero-order valence-corrected chi connectivity index (χ0v) is 60.9. The van der Waals surface area contributed by atoms with Gasteiger partial charge >= 0.3 is 39.5 Å². The molecule has 0 aromatic carbocycles. The summed E-state index contributed by atoms with van der Waals surface area (Å²) in [5.74, 6) is -0.609. The number of rotatable bonds is 71. The molecule has 19 heteroatoms. The first-order chi connectivity index (χ1) is 43.9. The lowest BCUT2D eigenvalue weighted by Gasteiger charge is -2.21. The smallest absolute Gasteiger partial charge is 0.462 e. The van der Waals surface area contributed by atoms with Gasteiger partial charge in [0.2, 0.25) is 0 Å². The predicted octanol–water partition coefficient (Wildman–Crippen LogP) is 20.8. The molecular weight excluding hydrogens is 1200 g/mol. The van der Waals surface area contributed by atoms with Crippen molar-refractivity contribution >= 4 is 39.5 Å². The minimum absolute atomic E-state index is 0.105. The van der Waals surface area contributed by atoms with Crippen LogP contribution >= 0.6 is 15.6 Å². The zero-order valence-electron chi connectivity index (χ0n) is 59.1. The van der Waals surface area contributed by atoms with Crippen LogP contribution in [0.3, 0.4) is 0 Å². The van der Waals surface area contributed by atoms with Crippen LogP contribution in [-0.2, 0) is 65.4 Å². The summed E-state index contributed by atoms with van der Waals surface area (Å²) in [6, 6.07) is 0. The Morgan fingerprint density at radius 2 is 0.560 bits per heavy atom. The lowest BCUT2D eigenvalue weighted by Crippen LogP contribution is -2.30. The van der Waals surface area contributed by atoms with Gasteiger partial charge in [-0.05, 0) is 37.5 Å². The molecule has 0 bridgehead atoms. The second kappa shape index (κ2) is 64.1. The average molecular weight is 1340 g/mol. The Morgan fingerprint density at radius 1 is 0.319 bits per heavy atom. The van der Waals surface area contributed by atoms with Crippen molar-refractivity contribution in [1.82, 2.24) is 0 Å². The lowest BCUT2D eigenvalue weighted by atomic mass is 9.99. The third kappa shape index (κ3) is 65.1. The Labute approximate surface area is 556 Å². The van der Waals surface area contributed by atoms with Crippen molar-refractivity contribution in [3.8, 4) is 0 Å². The molecular formula is C72H140O17P2. The van der Waals surface area contributed by atoms with Crippen LogP contribution in [0.5, 0.6) is 0 Å². The van der Waals surface area contributed by atoms with E-state index >= 15 is 0 Å². The monoisotopic (exact) mass is 1340 g/mol. The van der Waals surface area contributed by atoms with Crippen molar-refractivity contribution in [3.05, 3.63) is 0 Å². The van der Waals surface area contributed by atoms with Gasteiger partial charge in [0.25, 0.3) is 0 Å². The van der Waals surface area contributed by atoms with Gasteiger partial charge in [-0.2, -0.15) is 0 Å². The molecule has 0 radical (unpaired) electrons. The Bertz CT molecular complexity index is 1770. The molecule has 0 aliphatic heterocycles. The second-order valence-electron chi connectivity index (χ2n) is 26.7. The molecule has 0 fully saturated rings. The highest BCUT2D eigenvalue weighted by molar-refractivity contribution is 7.47. The highest BCUT2D eigenvalue weighted by Gasteiger charge is 2.30. The van der Waals surface area contributed by atoms with Crippen LogP contribution in [0.25, 0.3) is 0 Å². The molecule has 0 aromatic heterocycles. The molecule has 3 unspecified atom stereocenters. The molecule has 0 spiro atoms. The summed E-state index contributed by atoms with van der Waals surface area (Å²) >= 11 is 0. The van der Waals surface area contributed by atoms with Gasteiger partial charge in [0.15, 0.2) is 12.2 Å². The van der Waals surface area contributed by atoms with Gasteiger partial charge in [0.1, 0.15) is 19.3 Å². The number of hydrogen-bond acceptors (Lipinski definition) is 15. The van der Waals surface area contributed by atoms with Crippen molar-refractivity contribution in [2.24, 2.45) is 11.8 Å². The molecule has 0 aliphatic carbocycles. The second-order valence-corrected chi connectivity index (χ2v) is 29.6. The fraction of sp³-hybridized carbons (Fsp3) is 0.944. The van der Waals surface area contributed by atoms with E-state index in [4.69, 9.17) is 37.0 Å². The molecule has 0 saturated heterocycles. The fourth-order valence-electron chi connectivity index (χ4n) is 10.9. The molecule has 0 saturated carbocycles. The summed E-state index contributed by atoms with van der Waals surface area (Å²) in [7, 11) is -9.90. The highest BCUT2D eigenvalue weighted by atomic mass is 31.2. The van der Waals surface area contributed by atoms with E-state index in [2.05, 4.69) is 41.5 Å². The molecule has 0 aromatic rings. The molecule has 3 N–H and O–H groups in total. The molecule has 0 amide bonds. The quantitative estimate of drug-likeness (QED) is 0.0222. The van der Waals surface area contributed by atoms with Gasteiger partial charge in [-0.15, -0.1) is 0 Å². The van der Waals surface area contributed by atoms with E-state index in [0.29, 0.717) is 25.7 Å². The summed E-state index contributed by atoms with van der Waals surface area (Å²) in [4.78, 5) is 72.6. The van der Waals surface area contributed by atoms with Gasteiger partial charge in [-0.25, -0.2) is 9.13 Å². The normalized spacial score (nSPS) is 14.4. The van der Waals surface area contributed by atoms with E-state index in [1.54, 1.807) is 0 Å². The van der Waals surface area contributed by atoms with Crippen LogP contribution in [0.4, 0.5) is 0 Å². The van der Waals surface area contributed by atoms with Crippen LogP contribution < -0.4 is 0 Å². The number of carbonyl (C=O) groups is 4. The summed E-state index contributed by atoms with van der Waals surface area (Å²) in [6.45, 7) is 9.54. The molecule has 91 heavy (non-hydrogen) atoms. The first kappa shape index (κ1) is 89.1.